The average molecular weight is 372 g/mol. The highest BCUT2D eigenvalue weighted by molar-refractivity contribution is 9.10. The number of pyridine rings is 1. The van der Waals surface area contributed by atoms with Crippen LogP contribution in [0, 0.1) is 6.92 Å². The van der Waals surface area contributed by atoms with Gasteiger partial charge in [-0.3, -0.25) is 4.18 Å². The second kappa shape index (κ2) is 6.55. The molecule has 0 fully saturated rings. The van der Waals surface area contributed by atoms with Gasteiger partial charge in [-0.05, 0) is 35.0 Å². The van der Waals surface area contributed by atoms with Crippen molar-refractivity contribution in [1.29, 1.82) is 0 Å². The lowest BCUT2D eigenvalue weighted by molar-refractivity contribution is 0.305. The summed E-state index contributed by atoms with van der Waals surface area (Å²) in [6, 6.07) is 8.11. The van der Waals surface area contributed by atoms with Gasteiger partial charge < -0.3 is 4.74 Å². The summed E-state index contributed by atoms with van der Waals surface area (Å²) >= 11 is 3.30. The lowest BCUT2D eigenvalue weighted by Gasteiger charge is -2.08. The SMILES string of the molecule is COc1cc(COS(=O)(=O)c2ccc(C)cc2)c(Br)cn1. The molecule has 2 rings (SSSR count). The van der Waals surface area contributed by atoms with Gasteiger partial charge in [-0.1, -0.05) is 17.7 Å². The van der Waals surface area contributed by atoms with Crippen molar-refractivity contribution in [1.82, 2.24) is 4.98 Å². The molecule has 0 unspecified atom stereocenters. The van der Waals surface area contributed by atoms with Gasteiger partial charge in [0.25, 0.3) is 10.1 Å². The summed E-state index contributed by atoms with van der Waals surface area (Å²) in [6.45, 7) is 1.79. The zero-order valence-electron chi connectivity index (χ0n) is 11.5. The largest absolute Gasteiger partial charge is 0.481 e. The molecular weight excluding hydrogens is 358 g/mol. The fraction of sp³-hybridized carbons (Fsp3) is 0.214. The van der Waals surface area contributed by atoms with Crippen molar-refractivity contribution in [2.75, 3.05) is 7.11 Å². The van der Waals surface area contributed by atoms with E-state index in [4.69, 9.17) is 8.92 Å². The van der Waals surface area contributed by atoms with Crippen molar-refractivity contribution in [3.8, 4) is 5.88 Å². The Morgan fingerprint density at radius 2 is 1.90 bits per heavy atom. The van der Waals surface area contributed by atoms with E-state index >= 15 is 0 Å². The molecule has 5 nitrogen and oxygen atoms in total. The summed E-state index contributed by atoms with van der Waals surface area (Å²) in [4.78, 5) is 4.13. The molecule has 0 atom stereocenters. The molecule has 1 aromatic carbocycles. The second-order valence-electron chi connectivity index (χ2n) is 4.35. The Bertz CT molecular complexity index is 729. The molecule has 0 saturated carbocycles. The summed E-state index contributed by atoms with van der Waals surface area (Å²) in [6.07, 6.45) is 1.54. The molecule has 0 amide bonds. The van der Waals surface area contributed by atoms with Gasteiger partial charge >= 0.3 is 0 Å². The molecule has 0 aliphatic carbocycles. The predicted octanol–water partition coefficient (Wildman–Crippen LogP) is 3.07. The Morgan fingerprint density at radius 1 is 1.24 bits per heavy atom. The van der Waals surface area contributed by atoms with Crippen molar-refractivity contribution in [2.24, 2.45) is 0 Å². The van der Waals surface area contributed by atoms with Gasteiger partial charge in [-0.15, -0.1) is 0 Å². The first kappa shape index (κ1) is 15.9. The molecule has 0 saturated heterocycles. The monoisotopic (exact) mass is 371 g/mol. The van der Waals surface area contributed by atoms with E-state index < -0.39 is 10.1 Å². The minimum atomic E-state index is -3.79. The number of hydrogen-bond acceptors (Lipinski definition) is 5. The summed E-state index contributed by atoms with van der Waals surface area (Å²) < 4.78 is 34.9. The molecule has 1 heterocycles. The van der Waals surface area contributed by atoms with Gasteiger partial charge in [0.2, 0.25) is 5.88 Å². The predicted molar refractivity (Wildman–Crippen MR) is 81.6 cm³/mol. The van der Waals surface area contributed by atoms with Crippen molar-refractivity contribution in [3.63, 3.8) is 0 Å². The summed E-state index contributed by atoms with van der Waals surface area (Å²) in [5.74, 6) is 0.393. The number of hydrogen-bond donors (Lipinski definition) is 0. The van der Waals surface area contributed by atoms with Gasteiger partial charge in [0.1, 0.15) is 0 Å². The van der Waals surface area contributed by atoms with Crippen molar-refractivity contribution in [3.05, 3.63) is 52.1 Å². The maximum Gasteiger partial charge on any atom is 0.297 e. The van der Waals surface area contributed by atoms with Crippen LogP contribution in [0.4, 0.5) is 0 Å². The van der Waals surface area contributed by atoms with E-state index in [1.807, 2.05) is 6.92 Å². The first-order valence-corrected chi connectivity index (χ1v) is 8.27. The lowest BCUT2D eigenvalue weighted by atomic mass is 10.2. The molecule has 0 aliphatic heterocycles. The molecule has 1 aromatic heterocycles. The number of nitrogens with zero attached hydrogens (tertiary/aromatic N) is 1. The fourth-order valence-electron chi connectivity index (χ4n) is 1.59. The first-order chi connectivity index (χ1) is 9.92. The highest BCUT2D eigenvalue weighted by Gasteiger charge is 2.16. The number of benzene rings is 1. The Morgan fingerprint density at radius 3 is 2.52 bits per heavy atom. The zero-order chi connectivity index (χ0) is 15.5. The number of aryl methyl sites for hydroxylation is 1. The Kier molecular flexibility index (Phi) is 4.97. The standard InChI is InChI=1S/C14H14BrNO4S/c1-10-3-5-12(6-4-10)21(17,18)20-9-11-7-14(19-2)16-8-13(11)15/h3-8H,9H2,1-2H3. The van der Waals surface area contributed by atoms with Gasteiger partial charge in [0, 0.05) is 22.3 Å². The van der Waals surface area contributed by atoms with Crippen LogP contribution < -0.4 is 4.74 Å². The number of ether oxygens (including phenoxy) is 1. The van der Waals surface area contributed by atoms with Crippen molar-refractivity contribution in [2.45, 2.75) is 18.4 Å². The molecule has 0 spiro atoms. The Labute approximate surface area is 132 Å². The second-order valence-corrected chi connectivity index (χ2v) is 6.82. The quantitative estimate of drug-likeness (QED) is 0.755. The van der Waals surface area contributed by atoms with Crippen molar-refractivity contribution >= 4 is 26.0 Å². The minimum absolute atomic E-state index is 0.102. The van der Waals surface area contributed by atoms with Crippen LogP contribution in [0.15, 0.2) is 45.9 Å². The molecule has 2 aromatic rings. The van der Waals surface area contributed by atoms with Crippen LogP contribution in [-0.2, 0) is 20.9 Å². The van der Waals surface area contributed by atoms with E-state index in [-0.39, 0.29) is 11.5 Å². The van der Waals surface area contributed by atoms with Gasteiger partial charge in [-0.25, -0.2) is 4.98 Å². The number of rotatable bonds is 5. The Hall–Kier alpha value is -1.44. The first-order valence-electron chi connectivity index (χ1n) is 6.07. The maximum atomic E-state index is 12.1. The highest BCUT2D eigenvalue weighted by atomic mass is 79.9. The van der Waals surface area contributed by atoms with E-state index in [2.05, 4.69) is 20.9 Å². The molecular formula is C14H14BrNO4S. The third kappa shape index (κ3) is 4.03. The molecule has 0 bridgehead atoms. The highest BCUT2D eigenvalue weighted by Crippen LogP contribution is 2.22. The Balaban J connectivity index is 2.17. The lowest BCUT2D eigenvalue weighted by Crippen LogP contribution is -2.07. The molecule has 7 heteroatoms. The average Bonchev–Trinajstić information content (AvgIpc) is 2.47. The van der Waals surface area contributed by atoms with Crippen LogP contribution in [0.2, 0.25) is 0 Å². The molecule has 112 valence electrons. The summed E-state index contributed by atoms with van der Waals surface area (Å²) in [5.41, 5.74) is 1.62. The van der Waals surface area contributed by atoms with Crippen LogP contribution in [-0.4, -0.2) is 20.5 Å². The van der Waals surface area contributed by atoms with Gasteiger partial charge in [-0.2, -0.15) is 8.42 Å². The van der Waals surface area contributed by atoms with Crippen LogP contribution in [0.5, 0.6) is 5.88 Å². The molecule has 0 N–H and O–H groups in total. The summed E-state index contributed by atoms with van der Waals surface area (Å²) in [5, 5.41) is 0. The van der Waals surface area contributed by atoms with Crippen LogP contribution in [0.3, 0.4) is 0 Å². The third-order valence-electron chi connectivity index (χ3n) is 2.80. The smallest absolute Gasteiger partial charge is 0.297 e. The normalized spacial score (nSPS) is 11.4. The number of aromatic nitrogens is 1. The molecule has 0 radical (unpaired) electrons. The third-order valence-corrected chi connectivity index (χ3v) is 4.79. The van der Waals surface area contributed by atoms with E-state index in [1.165, 1.54) is 25.4 Å². The number of halogens is 1. The van der Waals surface area contributed by atoms with E-state index in [0.29, 0.717) is 15.9 Å². The fourth-order valence-corrected chi connectivity index (χ4v) is 2.81. The van der Waals surface area contributed by atoms with E-state index in [9.17, 15) is 8.42 Å². The van der Waals surface area contributed by atoms with Gasteiger partial charge in [0.15, 0.2) is 0 Å². The van der Waals surface area contributed by atoms with Crippen LogP contribution in [0.1, 0.15) is 11.1 Å². The van der Waals surface area contributed by atoms with E-state index in [0.717, 1.165) is 5.56 Å². The van der Waals surface area contributed by atoms with Gasteiger partial charge in [0.05, 0.1) is 18.6 Å². The summed E-state index contributed by atoms with van der Waals surface area (Å²) in [7, 11) is -2.30. The van der Waals surface area contributed by atoms with Crippen molar-refractivity contribution < 1.29 is 17.3 Å². The molecule has 0 aliphatic rings. The van der Waals surface area contributed by atoms with Crippen LogP contribution >= 0.6 is 15.9 Å². The zero-order valence-corrected chi connectivity index (χ0v) is 13.9. The van der Waals surface area contributed by atoms with E-state index in [1.54, 1.807) is 18.2 Å². The maximum absolute atomic E-state index is 12.1. The minimum Gasteiger partial charge on any atom is -0.481 e. The number of methoxy groups -OCH3 is 1. The molecule has 21 heavy (non-hydrogen) atoms. The topological polar surface area (TPSA) is 65.5 Å². The van der Waals surface area contributed by atoms with Crippen LogP contribution in [0.25, 0.3) is 0 Å².